The number of rotatable bonds is 5. The highest BCUT2D eigenvalue weighted by atomic mass is 19.4. The number of hydrogen-bond acceptors (Lipinski definition) is 5. The van der Waals surface area contributed by atoms with Gasteiger partial charge in [0.15, 0.2) is 5.82 Å². The van der Waals surface area contributed by atoms with Crippen LogP contribution in [-0.2, 0) is 0 Å². The van der Waals surface area contributed by atoms with E-state index in [0.717, 1.165) is 0 Å². The summed E-state index contributed by atoms with van der Waals surface area (Å²) in [5.41, 5.74) is 0.442. The number of aromatic nitrogens is 1. The van der Waals surface area contributed by atoms with Crippen molar-refractivity contribution < 1.29 is 27.5 Å². The van der Waals surface area contributed by atoms with Gasteiger partial charge in [0.1, 0.15) is 17.6 Å². The molecule has 1 aliphatic carbocycles. The van der Waals surface area contributed by atoms with E-state index in [2.05, 4.69) is 15.6 Å². The molecule has 0 bridgehead atoms. The molecule has 1 aromatic heterocycles. The zero-order valence-electron chi connectivity index (χ0n) is 16.2. The quantitative estimate of drug-likeness (QED) is 0.619. The van der Waals surface area contributed by atoms with Crippen LogP contribution in [0.2, 0.25) is 0 Å². The highest BCUT2D eigenvalue weighted by Gasteiger charge is 2.41. The lowest BCUT2D eigenvalue weighted by Gasteiger charge is -2.33. The lowest BCUT2D eigenvalue weighted by molar-refractivity contribution is -0.182. The van der Waals surface area contributed by atoms with E-state index in [9.17, 15) is 27.5 Å². The number of hydrogen-bond donors (Lipinski definition) is 3. The van der Waals surface area contributed by atoms with Crippen LogP contribution in [0.25, 0.3) is 0 Å². The zero-order chi connectivity index (χ0) is 21.2. The van der Waals surface area contributed by atoms with Gasteiger partial charge in [0, 0.05) is 26.2 Å². The number of carboxylic acids is 1. The molecular weight excluding hydrogens is 392 g/mol. The number of aromatic carboxylic acids is 1. The van der Waals surface area contributed by atoms with Crippen molar-refractivity contribution in [2.24, 2.45) is 5.92 Å². The first kappa shape index (κ1) is 21.4. The minimum absolute atomic E-state index is 0.00668. The monoisotopic (exact) mass is 418 g/mol. The van der Waals surface area contributed by atoms with Crippen LogP contribution < -0.4 is 15.5 Å². The van der Waals surface area contributed by atoms with E-state index in [1.807, 2.05) is 0 Å². The largest absolute Gasteiger partial charge is 0.478 e. The standard InChI is InChI=1S/C19H26F4N4O2/c1-24-16-15(25-13-4-2-11(3-5-13)19(21,22)23)10-14(18(28)29)17(26-16)27-8-6-12(20)7-9-27/h10-13,25H,2-9H2,1H3,(H,24,26)(H,28,29). The van der Waals surface area contributed by atoms with E-state index in [4.69, 9.17) is 0 Å². The number of carboxylic acid groups (broad SMARTS) is 1. The smallest absolute Gasteiger partial charge is 0.391 e. The number of nitrogens with zero attached hydrogens (tertiary/aromatic N) is 2. The van der Waals surface area contributed by atoms with Gasteiger partial charge >= 0.3 is 12.1 Å². The molecule has 2 aliphatic rings. The van der Waals surface area contributed by atoms with Crippen molar-refractivity contribution in [3.05, 3.63) is 11.6 Å². The van der Waals surface area contributed by atoms with Gasteiger partial charge in [0.25, 0.3) is 0 Å². The van der Waals surface area contributed by atoms with Crippen LogP contribution in [0.1, 0.15) is 48.9 Å². The van der Waals surface area contributed by atoms with Gasteiger partial charge in [-0.1, -0.05) is 0 Å². The molecular formula is C19H26F4N4O2. The maximum absolute atomic E-state index is 13.4. The molecule has 10 heteroatoms. The summed E-state index contributed by atoms with van der Waals surface area (Å²) in [7, 11) is 1.64. The Balaban J connectivity index is 1.79. The summed E-state index contributed by atoms with van der Waals surface area (Å²) in [5, 5.41) is 15.7. The number of carbonyl (C=O) groups is 1. The second-order valence-corrected chi connectivity index (χ2v) is 7.71. The molecule has 3 N–H and O–H groups in total. The van der Waals surface area contributed by atoms with Crippen LogP contribution in [-0.4, -0.2) is 54.6 Å². The summed E-state index contributed by atoms with van der Waals surface area (Å²) in [6.07, 6.45) is -3.64. The summed E-state index contributed by atoms with van der Waals surface area (Å²) < 4.78 is 52.0. The number of nitrogens with one attached hydrogen (secondary N) is 2. The predicted molar refractivity (Wildman–Crippen MR) is 103 cm³/mol. The molecule has 29 heavy (non-hydrogen) atoms. The normalized spacial score (nSPS) is 23.7. The maximum atomic E-state index is 13.4. The second-order valence-electron chi connectivity index (χ2n) is 7.71. The van der Waals surface area contributed by atoms with Crippen molar-refractivity contribution in [2.75, 3.05) is 35.7 Å². The highest BCUT2D eigenvalue weighted by molar-refractivity contribution is 5.96. The average Bonchev–Trinajstić information content (AvgIpc) is 2.68. The number of anilines is 3. The van der Waals surface area contributed by atoms with Gasteiger partial charge in [-0.3, -0.25) is 0 Å². The molecule has 0 unspecified atom stereocenters. The van der Waals surface area contributed by atoms with Gasteiger partial charge in [-0.2, -0.15) is 13.2 Å². The Morgan fingerprint density at radius 3 is 2.31 bits per heavy atom. The molecule has 6 nitrogen and oxygen atoms in total. The molecule has 162 valence electrons. The predicted octanol–water partition coefficient (Wildman–Crippen LogP) is 4.29. The molecule has 1 aliphatic heterocycles. The van der Waals surface area contributed by atoms with Gasteiger partial charge in [0.05, 0.1) is 11.6 Å². The van der Waals surface area contributed by atoms with Gasteiger partial charge in [0.2, 0.25) is 0 Å². The minimum atomic E-state index is -4.17. The first-order valence-corrected chi connectivity index (χ1v) is 9.87. The number of halogens is 4. The molecule has 1 saturated heterocycles. The molecule has 0 atom stereocenters. The molecule has 0 spiro atoms. The molecule has 1 aromatic rings. The topological polar surface area (TPSA) is 77.5 Å². The number of alkyl halides is 4. The van der Waals surface area contributed by atoms with Crippen LogP contribution in [0.5, 0.6) is 0 Å². The van der Waals surface area contributed by atoms with Crippen molar-refractivity contribution in [3.8, 4) is 0 Å². The van der Waals surface area contributed by atoms with E-state index in [0.29, 0.717) is 50.3 Å². The lowest BCUT2D eigenvalue weighted by atomic mass is 9.85. The molecule has 2 heterocycles. The molecule has 1 saturated carbocycles. The molecule has 0 aromatic carbocycles. The van der Waals surface area contributed by atoms with Crippen molar-refractivity contribution in [3.63, 3.8) is 0 Å². The fourth-order valence-corrected chi connectivity index (χ4v) is 4.05. The Morgan fingerprint density at radius 2 is 1.79 bits per heavy atom. The highest BCUT2D eigenvalue weighted by Crippen LogP contribution is 2.39. The van der Waals surface area contributed by atoms with Gasteiger partial charge in [-0.25, -0.2) is 14.2 Å². The third-order valence-electron chi connectivity index (χ3n) is 5.74. The fraction of sp³-hybridized carbons (Fsp3) is 0.684. The van der Waals surface area contributed by atoms with E-state index in [-0.39, 0.29) is 30.3 Å². The van der Waals surface area contributed by atoms with Crippen molar-refractivity contribution in [1.29, 1.82) is 0 Å². The first-order valence-electron chi connectivity index (χ1n) is 9.87. The molecule has 0 amide bonds. The summed E-state index contributed by atoms with van der Waals surface area (Å²) in [6, 6.07) is 1.28. The fourth-order valence-electron chi connectivity index (χ4n) is 4.05. The van der Waals surface area contributed by atoms with Gasteiger partial charge < -0.3 is 20.6 Å². The summed E-state index contributed by atoms with van der Waals surface area (Å²) in [5.74, 6) is -1.73. The van der Waals surface area contributed by atoms with Crippen LogP contribution in [0.15, 0.2) is 6.07 Å². The Kier molecular flexibility index (Phi) is 6.38. The zero-order valence-corrected chi connectivity index (χ0v) is 16.2. The molecule has 3 rings (SSSR count). The van der Waals surface area contributed by atoms with E-state index >= 15 is 0 Å². The molecule has 0 radical (unpaired) electrons. The Morgan fingerprint density at radius 1 is 1.17 bits per heavy atom. The SMILES string of the molecule is CNc1nc(N2CCC(F)CC2)c(C(=O)O)cc1NC1CCC(C(F)(F)F)CC1. The van der Waals surface area contributed by atoms with Gasteiger partial charge in [-0.05, 0) is 44.6 Å². The average molecular weight is 418 g/mol. The lowest BCUT2D eigenvalue weighted by Crippen LogP contribution is -2.36. The summed E-state index contributed by atoms with van der Waals surface area (Å²) >= 11 is 0. The second kappa shape index (κ2) is 8.62. The van der Waals surface area contributed by atoms with Crippen molar-refractivity contribution in [2.45, 2.75) is 56.9 Å². The summed E-state index contributed by atoms with van der Waals surface area (Å²) in [6.45, 7) is 0.762. The number of pyridine rings is 1. The van der Waals surface area contributed by atoms with Crippen molar-refractivity contribution in [1.82, 2.24) is 4.98 Å². The van der Waals surface area contributed by atoms with Crippen LogP contribution in [0.4, 0.5) is 34.9 Å². The van der Waals surface area contributed by atoms with Crippen LogP contribution in [0, 0.1) is 5.92 Å². The van der Waals surface area contributed by atoms with E-state index in [1.54, 1.807) is 11.9 Å². The Labute approximate surface area is 166 Å². The molecule has 2 fully saturated rings. The van der Waals surface area contributed by atoms with E-state index in [1.165, 1.54) is 6.07 Å². The minimum Gasteiger partial charge on any atom is -0.478 e. The first-order chi connectivity index (χ1) is 13.7. The third kappa shape index (κ3) is 5.02. The van der Waals surface area contributed by atoms with Crippen LogP contribution in [0.3, 0.4) is 0 Å². The van der Waals surface area contributed by atoms with Crippen LogP contribution >= 0.6 is 0 Å². The van der Waals surface area contributed by atoms with Gasteiger partial charge in [-0.15, -0.1) is 0 Å². The summed E-state index contributed by atoms with van der Waals surface area (Å²) in [4.78, 5) is 18.0. The maximum Gasteiger partial charge on any atom is 0.391 e. The Bertz CT molecular complexity index is 728. The van der Waals surface area contributed by atoms with E-state index < -0.39 is 24.2 Å². The third-order valence-corrected chi connectivity index (χ3v) is 5.74. The Hall–Kier alpha value is -2.26. The van der Waals surface area contributed by atoms with Crippen molar-refractivity contribution >= 4 is 23.3 Å². The number of piperidine rings is 1.